The van der Waals surface area contributed by atoms with Crippen molar-refractivity contribution in [3.8, 4) is 11.5 Å². The molecule has 11 nitrogen and oxygen atoms in total. The predicted octanol–water partition coefficient (Wildman–Crippen LogP) is -0.0398. The first-order chi connectivity index (χ1) is 13.6. The zero-order chi connectivity index (χ0) is 21.8. The SMILES string of the molecule is CNS(=O)(=O)c1cn(CC(=O)Nc2cc(OC)cc(OC)c2)cc1S(=O)(=O)NC. The normalized spacial score (nSPS) is 11.9. The maximum Gasteiger partial charge on any atom is 0.244 e. The summed E-state index contributed by atoms with van der Waals surface area (Å²) in [5, 5.41) is 2.62. The molecule has 0 atom stereocenters. The van der Waals surface area contributed by atoms with Crippen LogP contribution in [-0.4, -0.2) is 55.6 Å². The Bertz CT molecular complexity index is 1030. The van der Waals surface area contributed by atoms with Gasteiger partial charge < -0.3 is 19.4 Å². The van der Waals surface area contributed by atoms with Crippen LogP contribution >= 0.6 is 0 Å². The van der Waals surface area contributed by atoms with E-state index < -0.39 is 35.7 Å². The minimum absolute atomic E-state index is 0.328. The van der Waals surface area contributed by atoms with Crippen molar-refractivity contribution in [3.63, 3.8) is 0 Å². The molecule has 0 saturated heterocycles. The molecule has 0 aliphatic carbocycles. The molecular formula is C16H22N4O7S2. The van der Waals surface area contributed by atoms with E-state index in [1.54, 1.807) is 18.2 Å². The summed E-state index contributed by atoms with van der Waals surface area (Å²) >= 11 is 0. The molecule has 0 aliphatic rings. The lowest BCUT2D eigenvalue weighted by Gasteiger charge is -2.10. The molecule has 0 aliphatic heterocycles. The third-order valence-corrected chi connectivity index (χ3v) is 6.90. The zero-order valence-corrected chi connectivity index (χ0v) is 17.8. The van der Waals surface area contributed by atoms with E-state index in [9.17, 15) is 21.6 Å². The maximum atomic E-state index is 12.4. The number of sulfonamides is 2. The molecule has 0 fully saturated rings. The highest BCUT2D eigenvalue weighted by Gasteiger charge is 2.27. The van der Waals surface area contributed by atoms with Crippen LogP contribution in [0.2, 0.25) is 0 Å². The molecule has 0 radical (unpaired) electrons. The van der Waals surface area contributed by atoms with Gasteiger partial charge in [0, 0.05) is 36.3 Å². The van der Waals surface area contributed by atoms with Crippen LogP contribution < -0.4 is 24.2 Å². The monoisotopic (exact) mass is 446 g/mol. The van der Waals surface area contributed by atoms with Gasteiger partial charge in [-0.2, -0.15) is 0 Å². The van der Waals surface area contributed by atoms with Crippen LogP contribution in [-0.2, 0) is 31.4 Å². The largest absolute Gasteiger partial charge is 0.497 e. The molecule has 0 spiro atoms. The van der Waals surface area contributed by atoms with Crippen molar-refractivity contribution in [2.75, 3.05) is 33.6 Å². The van der Waals surface area contributed by atoms with Gasteiger partial charge in [-0.15, -0.1) is 0 Å². The number of ether oxygens (including phenoxy) is 2. The molecule has 29 heavy (non-hydrogen) atoms. The Balaban J connectivity index is 2.33. The van der Waals surface area contributed by atoms with Gasteiger partial charge in [0.05, 0.1) is 14.2 Å². The number of amides is 1. The number of aromatic nitrogens is 1. The topological polar surface area (TPSA) is 145 Å². The molecule has 1 aromatic heterocycles. The van der Waals surface area contributed by atoms with Gasteiger partial charge in [0.1, 0.15) is 27.8 Å². The summed E-state index contributed by atoms with van der Waals surface area (Å²) in [6.45, 7) is -0.328. The number of carbonyl (C=O) groups excluding carboxylic acids is 1. The van der Waals surface area contributed by atoms with E-state index in [0.717, 1.165) is 26.5 Å². The second-order valence-corrected chi connectivity index (χ2v) is 9.43. The number of hydrogen-bond acceptors (Lipinski definition) is 7. The summed E-state index contributed by atoms with van der Waals surface area (Å²) in [6.07, 6.45) is 2.14. The average molecular weight is 447 g/mol. The Kier molecular flexibility index (Phi) is 6.89. The fraction of sp³-hybridized carbons (Fsp3) is 0.312. The molecule has 1 aromatic carbocycles. The Hall–Kier alpha value is -2.61. The first kappa shape index (κ1) is 22.7. The van der Waals surface area contributed by atoms with Crippen molar-refractivity contribution in [2.24, 2.45) is 0 Å². The third-order valence-electron chi connectivity index (χ3n) is 3.89. The van der Waals surface area contributed by atoms with E-state index in [1.165, 1.54) is 18.8 Å². The van der Waals surface area contributed by atoms with E-state index in [2.05, 4.69) is 14.8 Å². The molecule has 1 amide bonds. The number of benzene rings is 1. The van der Waals surface area contributed by atoms with E-state index in [-0.39, 0.29) is 6.54 Å². The van der Waals surface area contributed by atoms with Gasteiger partial charge >= 0.3 is 0 Å². The number of anilines is 1. The van der Waals surface area contributed by atoms with Gasteiger partial charge in [0.2, 0.25) is 26.0 Å². The van der Waals surface area contributed by atoms with Gasteiger partial charge in [0.15, 0.2) is 0 Å². The fourth-order valence-electron chi connectivity index (χ4n) is 2.43. The van der Waals surface area contributed by atoms with Crippen LogP contribution in [0.5, 0.6) is 11.5 Å². The van der Waals surface area contributed by atoms with Gasteiger partial charge in [0.25, 0.3) is 0 Å². The summed E-state index contributed by atoms with van der Waals surface area (Å²) < 4.78 is 64.2. The van der Waals surface area contributed by atoms with Crippen LogP contribution in [0.1, 0.15) is 0 Å². The maximum absolute atomic E-state index is 12.4. The summed E-state index contributed by atoms with van der Waals surface area (Å²) in [5.41, 5.74) is 0.393. The van der Waals surface area contributed by atoms with Gasteiger partial charge in [-0.25, -0.2) is 26.3 Å². The molecule has 13 heteroatoms. The first-order valence-corrected chi connectivity index (χ1v) is 11.1. The molecule has 0 saturated carbocycles. The van der Waals surface area contributed by atoms with Crippen LogP contribution in [0.15, 0.2) is 40.4 Å². The Morgan fingerprint density at radius 3 is 1.72 bits per heavy atom. The van der Waals surface area contributed by atoms with Gasteiger partial charge in [-0.05, 0) is 14.1 Å². The average Bonchev–Trinajstić information content (AvgIpc) is 3.12. The Morgan fingerprint density at radius 1 is 0.897 bits per heavy atom. The van der Waals surface area contributed by atoms with Gasteiger partial charge in [-0.3, -0.25) is 4.79 Å². The van der Waals surface area contributed by atoms with Crippen LogP contribution in [0.3, 0.4) is 0 Å². The van der Waals surface area contributed by atoms with Crippen LogP contribution in [0.4, 0.5) is 5.69 Å². The molecule has 0 unspecified atom stereocenters. The number of nitrogens with one attached hydrogen (secondary N) is 3. The number of carbonyl (C=O) groups is 1. The van der Waals surface area contributed by atoms with Crippen molar-refractivity contribution < 1.29 is 31.1 Å². The smallest absolute Gasteiger partial charge is 0.244 e. The summed E-state index contributed by atoms with van der Waals surface area (Å²) in [4.78, 5) is 11.5. The minimum Gasteiger partial charge on any atom is -0.497 e. The molecule has 160 valence electrons. The molecule has 2 rings (SSSR count). The van der Waals surface area contributed by atoms with Crippen molar-refractivity contribution in [1.29, 1.82) is 0 Å². The van der Waals surface area contributed by atoms with E-state index in [1.807, 2.05) is 0 Å². The van der Waals surface area contributed by atoms with Crippen molar-refractivity contribution in [1.82, 2.24) is 14.0 Å². The third kappa shape index (κ3) is 5.26. The van der Waals surface area contributed by atoms with Crippen LogP contribution in [0, 0.1) is 0 Å². The summed E-state index contributed by atoms with van der Waals surface area (Å²) in [6, 6.07) is 4.78. The highest BCUT2D eigenvalue weighted by atomic mass is 32.2. The lowest BCUT2D eigenvalue weighted by atomic mass is 10.2. The molecule has 0 bridgehead atoms. The standard InChI is InChI=1S/C16H22N4O7S2/c1-17-28(22,23)14-8-20(9-15(14)29(24,25)18-2)10-16(21)19-11-5-12(26-3)7-13(6-11)27-4/h5-9,17-18H,10H2,1-4H3,(H,19,21). The Morgan fingerprint density at radius 2 is 1.34 bits per heavy atom. The van der Waals surface area contributed by atoms with E-state index in [0.29, 0.717) is 17.2 Å². The summed E-state index contributed by atoms with van der Waals surface area (Å²) in [5.74, 6) is 0.410. The quantitative estimate of drug-likeness (QED) is 0.490. The highest BCUT2D eigenvalue weighted by Crippen LogP contribution is 2.26. The number of rotatable bonds is 9. The number of hydrogen-bond donors (Lipinski definition) is 3. The van der Waals surface area contributed by atoms with Crippen molar-refractivity contribution in [2.45, 2.75) is 16.3 Å². The molecule has 2 aromatic rings. The van der Waals surface area contributed by atoms with E-state index in [4.69, 9.17) is 9.47 Å². The highest BCUT2D eigenvalue weighted by molar-refractivity contribution is 7.92. The minimum atomic E-state index is -4.07. The van der Waals surface area contributed by atoms with E-state index >= 15 is 0 Å². The molecule has 3 N–H and O–H groups in total. The summed E-state index contributed by atoms with van der Waals surface area (Å²) in [7, 11) is -2.89. The zero-order valence-electron chi connectivity index (χ0n) is 16.2. The Labute approximate surface area is 169 Å². The second kappa shape index (κ2) is 8.82. The van der Waals surface area contributed by atoms with Crippen molar-refractivity contribution in [3.05, 3.63) is 30.6 Å². The molecule has 1 heterocycles. The van der Waals surface area contributed by atoms with Crippen LogP contribution in [0.25, 0.3) is 0 Å². The van der Waals surface area contributed by atoms with Crippen molar-refractivity contribution >= 4 is 31.6 Å². The number of methoxy groups -OCH3 is 2. The number of nitrogens with zero attached hydrogens (tertiary/aromatic N) is 1. The lowest BCUT2D eigenvalue weighted by molar-refractivity contribution is -0.116. The molecular weight excluding hydrogens is 424 g/mol. The predicted molar refractivity (Wildman–Crippen MR) is 105 cm³/mol. The second-order valence-electron chi connectivity index (χ2n) is 5.72. The fourth-order valence-corrected chi connectivity index (χ4v) is 4.71. The van der Waals surface area contributed by atoms with Gasteiger partial charge in [-0.1, -0.05) is 0 Å². The lowest BCUT2D eigenvalue weighted by Crippen LogP contribution is -2.24. The first-order valence-electron chi connectivity index (χ1n) is 8.16.